The summed E-state index contributed by atoms with van der Waals surface area (Å²) in [5.41, 5.74) is 6.54. The van der Waals surface area contributed by atoms with Crippen LogP contribution in [-0.4, -0.2) is 28.2 Å². The van der Waals surface area contributed by atoms with Gasteiger partial charge in [0.05, 0.1) is 28.5 Å². The second kappa shape index (κ2) is 9.23. The van der Waals surface area contributed by atoms with E-state index in [0.29, 0.717) is 16.9 Å². The van der Waals surface area contributed by atoms with E-state index in [1.807, 2.05) is 18.3 Å². The lowest BCUT2D eigenvalue weighted by atomic mass is 9.91. The SMILES string of the molecule is Cc1cc([C@@H]2[C@H](c3ccccn3)NC(=S)N2c2ccc(N3C[C@@H](C)C[C@H](C)C3)c(Cl)c2)c(C)[nH]1. The van der Waals surface area contributed by atoms with Crippen LogP contribution in [0.5, 0.6) is 0 Å². The maximum atomic E-state index is 6.92. The number of pyridine rings is 1. The first-order valence-electron chi connectivity index (χ1n) is 12.0. The van der Waals surface area contributed by atoms with E-state index in [9.17, 15) is 0 Å². The summed E-state index contributed by atoms with van der Waals surface area (Å²) in [6.45, 7) is 10.9. The predicted octanol–water partition coefficient (Wildman–Crippen LogP) is 6.34. The second-order valence-electron chi connectivity index (χ2n) is 10.0. The number of rotatable bonds is 4. The molecule has 2 aromatic heterocycles. The molecule has 0 saturated carbocycles. The highest BCUT2D eigenvalue weighted by atomic mass is 35.5. The molecular weight excluding hydrogens is 462 g/mol. The molecule has 0 amide bonds. The van der Waals surface area contributed by atoms with E-state index in [0.717, 1.165) is 46.6 Å². The lowest BCUT2D eigenvalue weighted by Crippen LogP contribution is -2.38. The van der Waals surface area contributed by atoms with Crippen LogP contribution in [-0.2, 0) is 0 Å². The second-order valence-corrected chi connectivity index (χ2v) is 10.8. The van der Waals surface area contributed by atoms with Gasteiger partial charge in [-0.05, 0) is 86.3 Å². The highest BCUT2D eigenvalue weighted by molar-refractivity contribution is 7.80. The number of anilines is 2. The van der Waals surface area contributed by atoms with Crippen LogP contribution < -0.4 is 15.1 Å². The van der Waals surface area contributed by atoms with Gasteiger partial charge in [-0.3, -0.25) is 4.98 Å². The number of aromatic amines is 1. The Hall–Kier alpha value is -2.57. The number of thiocarbonyl (C=S) groups is 1. The van der Waals surface area contributed by atoms with E-state index >= 15 is 0 Å². The van der Waals surface area contributed by atoms with E-state index in [-0.39, 0.29) is 12.1 Å². The number of nitrogens with one attached hydrogen (secondary N) is 2. The van der Waals surface area contributed by atoms with E-state index < -0.39 is 0 Å². The molecule has 5 rings (SSSR count). The standard InChI is InChI=1S/C27H32ClN5S/c1-16-11-17(2)15-32(14-16)24-9-8-20(13-22(24)28)33-26(21-12-18(3)30-19(21)4)25(31-27(33)34)23-7-5-6-10-29-23/h5-10,12-13,16-17,25-26,30H,11,14-15H2,1-4H3,(H,31,34)/t16-,17-,25-,26+/m0/s1. The lowest BCUT2D eigenvalue weighted by molar-refractivity contribution is 0.357. The third-order valence-electron chi connectivity index (χ3n) is 7.03. The minimum atomic E-state index is -0.0650. The van der Waals surface area contributed by atoms with Crippen LogP contribution in [0.1, 0.15) is 55.0 Å². The third kappa shape index (κ3) is 4.29. The molecule has 5 nitrogen and oxygen atoms in total. The molecule has 4 heterocycles. The summed E-state index contributed by atoms with van der Waals surface area (Å²) in [6, 6.07) is 14.5. The van der Waals surface area contributed by atoms with Crippen molar-refractivity contribution in [1.29, 1.82) is 0 Å². The molecule has 178 valence electrons. The molecule has 0 radical (unpaired) electrons. The zero-order valence-corrected chi connectivity index (χ0v) is 21.7. The van der Waals surface area contributed by atoms with Crippen LogP contribution in [0.15, 0.2) is 48.7 Å². The zero-order valence-electron chi connectivity index (χ0n) is 20.2. The van der Waals surface area contributed by atoms with Crippen molar-refractivity contribution in [1.82, 2.24) is 15.3 Å². The van der Waals surface area contributed by atoms with Gasteiger partial charge < -0.3 is 20.1 Å². The van der Waals surface area contributed by atoms with Crippen molar-refractivity contribution in [2.75, 3.05) is 22.9 Å². The molecule has 0 aliphatic carbocycles. The molecule has 0 unspecified atom stereocenters. The molecule has 3 aromatic rings. The van der Waals surface area contributed by atoms with Gasteiger partial charge in [-0.2, -0.15) is 0 Å². The minimum Gasteiger partial charge on any atom is -0.370 e. The van der Waals surface area contributed by atoms with Crippen molar-refractivity contribution in [3.63, 3.8) is 0 Å². The minimum absolute atomic E-state index is 0.0377. The number of hydrogen-bond donors (Lipinski definition) is 2. The molecule has 2 N–H and O–H groups in total. The molecule has 2 fully saturated rings. The number of piperidine rings is 1. The molecule has 4 atom stereocenters. The Kier molecular flexibility index (Phi) is 6.30. The monoisotopic (exact) mass is 493 g/mol. The highest BCUT2D eigenvalue weighted by Gasteiger charge is 2.42. The van der Waals surface area contributed by atoms with Crippen molar-refractivity contribution in [2.24, 2.45) is 11.8 Å². The van der Waals surface area contributed by atoms with Gasteiger partial charge in [0.2, 0.25) is 0 Å². The molecular formula is C27H32ClN5S. The van der Waals surface area contributed by atoms with E-state index in [1.54, 1.807) is 0 Å². The van der Waals surface area contributed by atoms with E-state index in [1.165, 1.54) is 12.0 Å². The molecule has 0 spiro atoms. The summed E-state index contributed by atoms with van der Waals surface area (Å²) in [4.78, 5) is 12.7. The summed E-state index contributed by atoms with van der Waals surface area (Å²) in [5.74, 6) is 1.33. The lowest BCUT2D eigenvalue weighted by Gasteiger charge is -2.37. The molecule has 0 bridgehead atoms. The largest absolute Gasteiger partial charge is 0.370 e. The Labute approximate surface area is 212 Å². The molecule has 7 heteroatoms. The molecule has 2 aliphatic heterocycles. The van der Waals surface area contributed by atoms with Crippen LogP contribution in [0.25, 0.3) is 0 Å². The Bertz CT molecular complexity index is 1180. The van der Waals surface area contributed by atoms with E-state index in [2.05, 4.69) is 83.1 Å². The summed E-state index contributed by atoms with van der Waals surface area (Å²) in [5, 5.41) is 4.99. The summed E-state index contributed by atoms with van der Waals surface area (Å²) >= 11 is 12.8. The van der Waals surface area contributed by atoms with Crippen LogP contribution >= 0.6 is 23.8 Å². The van der Waals surface area contributed by atoms with Crippen molar-refractivity contribution in [3.8, 4) is 0 Å². The van der Waals surface area contributed by atoms with Gasteiger partial charge in [-0.25, -0.2) is 0 Å². The van der Waals surface area contributed by atoms with Gasteiger partial charge in [0.1, 0.15) is 0 Å². The average Bonchev–Trinajstić information content (AvgIpc) is 3.31. The first-order valence-corrected chi connectivity index (χ1v) is 12.8. The van der Waals surface area contributed by atoms with E-state index in [4.69, 9.17) is 23.8 Å². The Balaban J connectivity index is 1.54. The summed E-state index contributed by atoms with van der Waals surface area (Å²) in [7, 11) is 0. The van der Waals surface area contributed by atoms with Crippen LogP contribution in [0, 0.1) is 25.7 Å². The summed E-state index contributed by atoms with van der Waals surface area (Å²) in [6.07, 6.45) is 3.10. The van der Waals surface area contributed by atoms with Gasteiger partial charge in [0.15, 0.2) is 5.11 Å². The first kappa shape index (κ1) is 23.2. The molecule has 2 aliphatic rings. The highest BCUT2D eigenvalue weighted by Crippen LogP contribution is 2.44. The van der Waals surface area contributed by atoms with Crippen LogP contribution in [0.3, 0.4) is 0 Å². The number of nitrogens with zero attached hydrogens (tertiary/aromatic N) is 3. The maximum Gasteiger partial charge on any atom is 0.174 e. The fourth-order valence-electron chi connectivity index (χ4n) is 5.76. The number of aromatic nitrogens is 2. The topological polar surface area (TPSA) is 47.2 Å². The van der Waals surface area contributed by atoms with Gasteiger partial charge in [0, 0.05) is 36.4 Å². The smallest absolute Gasteiger partial charge is 0.174 e. The Morgan fingerprint density at radius 1 is 1.06 bits per heavy atom. The molecule has 34 heavy (non-hydrogen) atoms. The molecule has 1 aromatic carbocycles. The average molecular weight is 494 g/mol. The van der Waals surface area contributed by atoms with Crippen LogP contribution in [0.4, 0.5) is 11.4 Å². The zero-order chi connectivity index (χ0) is 24.0. The fraction of sp³-hybridized carbons (Fsp3) is 0.407. The Morgan fingerprint density at radius 3 is 2.44 bits per heavy atom. The number of benzene rings is 1. The number of aryl methyl sites for hydroxylation is 2. The normalized spacial score (nSPS) is 25.0. The van der Waals surface area contributed by atoms with Crippen molar-refractivity contribution < 1.29 is 0 Å². The van der Waals surface area contributed by atoms with Gasteiger partial charge in [-0.1, -0.05) is 31.5 Å². The van der Waals surface area contributed by atoms with Crippen molar-refractivity contribution in [3.05, 3.63) is 76.3 Å². The molecule has 2 saturated heterocycles. The van der Waals surface area contributed by atoms with Crippen molar-refractivity contribution in [2.45, 2.75) is 46.2 Å². The number of hydrogen-bond acceptors (Lipinski definition) is 3. The summed E-state index contributed by atoms with van der Waals surface area (Å²) < 4.78 is 0. The number of halogens is 1. The van der Waals surface area contributed by atoms with Crippen molar-refractivity contribution >= 4 is 40.3 Å². The third-order valence-corrected chi connectivity index (χ3v) is 7.64. The van der Waals surface area contributed by atoms with Gasteiger partial charge in [-0.15, -0.1) is 0 Å². The first-order chi connectivity index (χ1) is 16.3. The Morgan fingerprint density at radius 2 is 1.82 bits per heavy atom. The quantitative estimate of drug-likeness (QED) is 0.415. The predicted molar refractivity (Wildman–Crippen MR) is 145 cm³/mol. The fourth-order valence-corrected chi connectivity index (χ4v) is 6.40. The van der Waals surface area contributed by atoms with Crippen LogP contribution in [0.2, 0.25) is 5.02 Å². The maximum absolute atomic E-state index is 6.92. The number of H-pyrrole nitrogens is 1. The van der Waals surface area contributed by atoms with Gasteiger partial charge in [0.25, 0.3) is 0 Å². The van der Waals surface area contributed by atoms with Gasteiger partial charge >= 0.3 is 0 Å².